The maximum atomic E-state index is 14.4. The van der Waals surface area contributed by atoms with Gasteiger partial charge in [-0.3, -0.25) is 9.36 Å². The van der Waals surface area contributed by atoms with Crippen LogP contribution >= 0.6 is 34.9 Å². The number of carbonyl (C=O) groups excluding carboxylic acids is 1. The number of hydrogen-bond donors (Lipinski definition) is 3. The van der Waals surface area contributed by atoms with Crippen LogP contribution in [0.5, 0.6) is 11.5 Å². The van der Waals surface area contributed by atoms with E-state index in [1.165, 1.54) is 36.4 Å². The van der Waals surface area contributed by atoms with Crippen LogP contribution in [0, 0.1) is 0 Å². The summed E-state index contributed by atoms with van der Waals surface area (Å²) < 4.78 is 74.2. The van der Waals surface area contributed by atoms with E-state index in [1.807, 2.05) is 0 Å². The second-order valence-corrected chi connectivity index (χ2v) is 9.82. The lowest BCUT2D eigenvalue weighted by atomic mass is 10.1. The maximum Gasteiger partial charge on any atom is 0.400 e. The molecule has 0 aliphatic carbocycles. The van der Waals surface area contributed by atoms with E-state index in [0.29, 0.717) is 16.9 Å². The molecule has 172 valence electrons. The quantitative estimate of drug-likeness (QED) is 0.259. The Kier molecular flexibility index (Phi) is 6.87. The molecule has 0 spiro atoms. The highest BCUT2D eigenvalue weighted by molar-refractivity contribution is 9.10. The van der Waals surface area contributed by atoms with Gasteiger partial charge in [-0.2, -0.15) is 17.6 Å². The molecule has 0 radical (unpaired) electrons. The van der Waals surface area contributed by atoms with Crippen molar-refractivity contribution in [3.8, 4) is 11.5 Å². The van der Waals surface area contributed by atoms with Crippen molar-refractivity contribution in [2.75, 3.05) is 0 Å². The topological polar surface area (TPSA) is 119 Å². The van der Waals surface area contributed by atoms with Crippen LogP contribution in [0.2, 0.25) is 0 Å². The number of alkyl halides is 4. The van der Waals surface area contributed by atoms with Crippen LogP contribution in [-0.4, -0.2) is 22.3 Å². The van der Waals surface area contributed by atoms with Crippen molar-refractivity contribution in [1.82, 2.24) is 0 Å². The molecule has 0 unspecified atom stereocenters. The van der Waals surface area contributed by atoms with Crippen LogP contribution in [0.15, 0.2) is 40.9 Å². The van der Waals surface area contributed by atoms with E-state index < -0.39 is 30.7 Å². The number of rotatable bonds is 8. The molecule has 1 aromatic heterocycles. The van der Waals surface area contributed by atoms with Gasteiger partial charge in [0.2, 0.25) is 5.91 Å². The summed E-state index contributed by atoms with van der Waals surface area (Å²) >= 11 is 3.31. The molecule has 1 amide bonds. The van der Waals surface area contributed by atoms with E-state index in [2.05, 4.69) is 20.7 Å². The molecule has 0 aliphatic heterocycles. The van der Waals surface area contributed by atoms with Crippen LogP contribution in [-0.2, 0) is 16.8 Å². The Morgan fingerprint density at radius 3 is 2.38 bits per heavy atom. The molecule has 1 heterocycles. The van der Waals surface area contributed by atoms with E-state index in [0.717, 1.165) is 0 Å². The first-order valence-corrected chi connectivity index (χ1v) is 11.7. The number of ether oxygens (including phenoxy) is 2. The van der Waals surface area contributed by atoms with Gasteiger partial charge < -0.3 is 25.0 Å². The molecular formula is C18H13BrF4NO6PS. The summed E-state index contributed by atoms with van der Waals surface area (Å²) in [5.41, 5.74) is 1.22. The lowest BCUT2D eigenvalue weighted by molar-refractivity contribution is -0.0498. The van der Waals surface area contributed by atoms with Gasteiger partial charge in [0.1, 0.15) is 23.0 Å². The summed E-state index contributed by atoms with van der Waals surface area (Å²) in [6, 6.07) is 7.83. The highest BCUT2D eigenvalue weighted by atomic mass is 79.9. The van der Waals surface area contributed by atoms with E-state index >= 15 is 0 Å². The molecule has 0 bridgehead atoms. The smallest absolute Gasteiger partial charge is 0.400 e. The second kappa shape index (κ2) is 8.99. The molecule has 4 N–H and O–H groups in total. The number of thiophene rings is 1. The number of nitrogens with two attached hydrogens (primary N) is 1. The summed E-state index contributed by atoms with van der Waals surface area (Å²) in [6.45, 7) is -3.13. The Morgan fingerprint density at radius 2 is 1.84 bits per heavy atom. The lowest BCUT2D eigenvalue weighted by Gasteiger charge is -2.16. The molecule has 32 heavy (non-hydrogen) atoms. The van der Waals surface area contributed by atoms with Gasteiger partial charge in [-0.25, -0.2) is 0 Å². The third-order valence-corrected chi connectivity index (χ3v) is 7.64. The van der Waals surface area contributed by atoms with Crippen LogP contribution in [0.4, 0.5) is 17.6 Å². The molecule has 14 heteroatoms. The van der Waals surface area contributed by atoms with Crippen molar-refractivity contribution >= 4 is 50.9 Å². The van der Waals surface area contributed by atoms with Crippen LogP contribution in [0.3, 0.4) is 0 Å². The number of carbonyl (C=O) groups is 1. The normalized spacial score (nSPS) is 12.4. The van der Waals surface area contributed by atoms with Crippen molar-refractivity contribution in [1.29, 1.82) is 0 Å². The predicted octanol–water partition coefficient (Wildman–Crippen LogP) is 5.17. The van der Waals surface area contributed by atoms with Gasteiger partial charge >= 0.3 is 19.9 Å². The molecule has 2 aromatic carbocycles. The van der Waals surface area contributed by atoms with Crippen molar-refractivity contribution in [3.63, 3.8) is 0 Å². The highest BCUT2D eigenvalue weighted by Gasteiger charge is 2.53. The van der Waals surface area contributed by atoms with Gasteiger partial charge in [0.05, 0.1) is 4.70 Å². The largest absolute Gasteiger partial charge is 0.487 e. The molecule has 3 aromatic rings. The summed E-state index contributed by atoms with van der Waals surface area (Å²) in [5.74, 6) is -0.998. The van der Waals surface area contributed by atoms with Gasteiger partial charge in [0, 0.05) is 15.4 Å². The molecule has 7 nitrogen and oxygen atoms in total. The lowest BCUT2D eigenvalue weighted by Crippen LogP contribution is -2.12. The van der Waals surface area contributed by atoms with Crippen molar-refractivity contribution in [2.24, 2.45) is 5.73 Å². The molecule has 3 rings (SSSR count). The maximum absolute atomic E-state index is 14.4. The van der Waals surface area contributed by atoms with Crippen molar-refractivity contribution < 1.29 is 46.2 Å². The number of amides is 1. The first kappa shape index (κ1) is 24.5. The fourth-order valence-corrected chi connectivity index (χ4v) is 5.62. The van der Waals surface area contributed by atoms with E-state index in [4.69, 9.17) is 20.3 Å². The van der Waals surface area contributed by atoms with E-state index in [-0.39, 0.29) is 38.2 Å². The monoisotopic (exact) mass is 557 g/mol. The first-order valence-electron chi connectivity index (χ1n) is 8.47. The van der Waals surface area contributed by atoms with Crippen LogP contribution in [0.25, 0.3) is 10.1 Å². The minimum atomic E-state index is -5.85. The number of halogens is 5. The van der Waals surface area contributed by atoms with Gasteiger partial charge in [0.15, 0.2) is 0 Å². The van der Waals surface area contributed by atoms with Gasteiger partial charge in [-0.15, -0.1) is 11.3 Å². The van der Waals surface area contributed by atoms with Crippen LogP contribution < -0.4 is 15.2 Å². The third-order valence-electron chi connectivity index (χ3n) is 4.16. The average Bonchev–Trinajstić information content (AvgIpc) is 3.03. The highest BCUT2D eigenvalue weighted by Crippen LogP contribution is 2.63. The number of benzene rings is 2. The summed E-state index contributed by atoms with van der Waals surface area (Å²) in [7, 11) is -5.85. The predicted molar refractivity (Wildman–Crippen MR) is 111 cm³/mol. The van der Waals surface area contributed by atoms with E-state index in [9.17, 15) is 26.9 Å². The minimum Gasteiger partial charge on any atom is -0.487 e. The number of fused-ring (bicyclic) bond motifs is 1. The summed E-state index contributed by atoms with van der Waals surface area (Å²) in [5, 5.41) is 0.0464. The molecule has 0 saturated carbocycles. The molecule has 0 saturated heterocycles. The number of primary amides is 1. The molecule has 0 atom stereocenters. The SMILES string of the molecule is NC(=O)c1cc(OCc2ccc(OC(F)F)cc2)c2sc(C(F)(F)P(=O)(O)O)c(Br)c2c1. The summed E-state index contributed by atoms with van der Waals surface area (Å²) in [4.78, 5) is 28.9. The summed E-state index contributed by atoms with van der Waals surface area (Å²) in [6.07, 6.45) is 0. The second-order valence-electron chi connectivity index (χ2n) is 6.36. The Hall–Kier alpha value is -2.18. The zero-order chi connectivity index (χ0) is 23.8. The third kappa shape index (κ3) is 4.91. The minimum absolute atomic E-state index is 0.0392. The number of hydrogen-bond acceptors (Lipinski definition) is 5. The Labute approximate surface area is 190 Å². The Balaban J connectivity index is 2.01. The zero-order valence-electron chi connectivity index (χ0n) is 15.6. The fraction of sp³-hybridized carbons (Fsp3) is 0.167. The Morgan fingerprint density at radius 1 is 1.22 bits per heavy atom. The zero-order valence-corrected chi connectivity index (χ0v) is 18.9. The Bertz CT molecular complexity index is 1210. The van der Waals surface area contributed by atoms with Crippen molar-refractivity contribution in [3.05, 3.63) is 56.9 Å². The first-order chi connectivity index (χ1) is 14.8. The fourth-order valence-electron chi connectivity index (χ4n) is 2.64. The van der Waals surface area contributed by atoms with Gasteiger partial charge in [0.25, 0.3) is 0 Å². The molecule has 0 aliphatic rings. The van der Waals surface area contributed by atoms with Crippen LogP contribution in [0.1, 0.15) is 20.8 Å². The standard InChI is InChI=1S/C18H13BrF4NO6PS/c19-13-11-5-9(16(24)25)6-12(14(11)32-15(13)18(22,23)31(26,27)28)29-7-8-1-3-10(4-2-8)30-17(20)21/h1-6,17H,7H2,(H2,24,25)(H2,26,27,28). The molecular weight excluding hydrogens is 545 g/mol. The molecule has 0 fully saturated rings. The average molecular weight is 558 g/mol. The van der Waals surface area contributed by atoms with E-state index in [1.54, 1.807) is 0 Å². The van der Waals surface area contributed by atoms with Crippen molar-refractivity contribution in [2.45, 2.75) is 18.9 Å². The van der Waals surface area contributed by atoms with Gasteiger partial charge in [-0.1, -0.05) is 12.1 Å². The van der Waals surface area contributed by atoms with Gasteiger partial charge in [-0.05, 0) is 45.8 Å².